The minimum atomic E-state index is 1.04. The molecular formula is C23H18N2. The van der Waals surface area contributed by atoms with Crippen LogP contribution < -0.4 is 0 Å². The molecule has 120 valence electrons. The Morgan fingerprint density at radius 1 is 0.800 bits per heavy atom. The first-order valence-corrected chi connectivity index (χ1v) is 8.58. The molecule has 0 aliphatic carbocycles. The van der Waals surface area contributed by atoms with E-state index in [9.17, 15) is 0 Å². The maximum Gasteiger partial charge on any atom is 0.0956 e. The Balaban J connectivity index is 2.03. The molecule has 0 N–H and O–H groups in total. The van der Waals surface area contributed by atoms with Crippen molar-refractivity contribution in [1.29, 1.82) is 0 Å². The fraction of sp³-hybridized carbons (Fsp3) is 0.0870. The zero-order valence-electron chi connectivity index (χ0n) is 14.3. The predicted octanol–water partition coefficient (Wildman–Crippen LogP) is 5.92. The second-order valence-corrected chi connectivity index (χ2v) is 6.70. The molecule has 0 aliphatic heterocycles. The van der Waals surface area contributed by atoms with Gasteiger partial charge in [0, 0.05) is 28.0 Å². The van der Waals surface area contributed by atoms with Crippen molar-refractivity contribution in [3.8, 4) is 11.3 Å². The number of aromatic nitrogens is 2. The molecule has 25 heavy (non-hydrogen) atoms. The smallest absolute Gasteiger partial charge is 0.0956 e. The average Bonchev–Trinajstić information content (AvgIpc) is 3.03. The van der Waals surface area contributed by atoms with E-state index >= 15 is 0 Å². The van der Waals surface area contributed by atoms with E-state index in [2.05, 4.69) is 91.2 Å². The van der Waals surface area contributed by atoms with Gasteiger partial charge in [-0.25, -0.2) is 4.98 Å². The van der Waals surface area contributed by atoms with E-state index in [1.807, 2.05) is 0 Å². The minimum Gasteiger partial charge on any atom is -0.314 e. The van der Waals surface area contributed by atoms with Gasteiger partial charge in [0.05, 0.1) is 16.7 Å². The van der Waals surface area contributed by atoms with Gasteiger partial charge in [-0.2, -0.15) is 0 Å². The van der Waals surface area contributed by atoms with E-state index in [1.165, 1.54) is 32.9 Å². The molecule has 0 radical (unpaired) electrons. The molecule has 3 heterocycles. The van der Waals surface area contributed by atoms with Gasteiger partial charge in [0.25, 0.3) is 0 Å². The van der Waals surface area contributed by atoms with E-state index in [4.69, 9.17) is 4.98 Å². The number of pyridine rings is 2. The van der Waals surface area contributed by atoms with Gasteiger partial charge in [0.2, 0.25) is 0 Å². The summed E-state index contributed by atoms with van der Waals surface area (Å²) in [7, 11) is 0. The molecule has 0 bridgehead atoms. The number of nitrogens with zero attached hydrogens (tertiary/aromatic N) is 2. The normalized spacial score (nSPS) is 11.6. The Bertz CT molecular complexity index is 1240. The summed E-state index contributed by atoms with van der Waals surface area (Å²) < 4.78 is 2.28. The van der Waals surface area contributed by atoms with Crippen molar-refractivity contribution in [3.05, 3.63) is 84.1 Å². The van der Waals surface area contributed by atoms with Crippen molar-refractivity contribution in [1.82, 2.24) is 9.38 Å². The summed E-state index contributed by atoms with van der Waals surface area (Å²) in [5.41, 5.74) is 8.20. The zero-order valence-corrected chi connectivity index (χ0v) is 14.3. The molecule has 3 aromatic heterocycles. The number of fused-ring (bicyclic) bond motifs is 5. The second-order valence-electron chi connectivity index (χ2n) is 6.70. The van der Waals surface area contributed by atoms with Crippen molar-refractivity contribution in [2.24, 2.45) is 0 Å². The summed E-state index contributed by atoms with van der Waals surface area (Å²) in [4.78, 5) is 5.03. The van der Waals surface area contributed by atoms with Crippen LogP contribution in [0, 0.1) is 13.8 Å². The summed E-state index contributed by atoms with van der Waals surface area (Å²) in [6.07, 6.45) is 2.14. The van der Waals surface area contributed by atoms with Gasteiger partial charge in [0.1, 0.15) is 0 Å². The second kappa shape index (κ2) is 5.18. The summed E-state index contributed by atoms with van der Waals surface area (Å²) in [6.45, 7) is 4.28. The topological polar surface area (TPSA) is 17.3 Å². The van der Waals surface area contributed by atoms with Crippen LogP contribution in [0.1, 0.15) is 11.1 Å². The Labute approximate surface area is 146 Å². The van der Waals surface area contributed by atoms with Crippen LogP contribution in [-0.2, 0) is 0 Å². The standard InChI is InChI=1S/C23H18N2/c1-15-9-11-17(12-10-15)22-23-19(18-7-3-4-8-20(18)24-22)14-21-16(2)6-5-13-25(21)23/h3-14H,1-2H3. The average molecular weight is 322 g/mol. The molecule has 2 heteroatoms. The molecular weight excluding hydrogens is 304 g/mol. The lowest BCUT2D eigenvalue weighted by molar-refractivity contribution is 1.22. The summed E-state index contributed by atoms with van der Waals surface area (Å²) in [5, 5.41) is 2.46. The largest absolute Gasteiger partial charge is 0.314 e. The highest BCUT2D eigenvalue weighted by Crippen LogP contribution is 2.35. The number of aryl methyl sites for hydroxylation is 2. The Morgan fingerprint density at radius 2 is 1.60 bits per heavy atom. The van der Waals surface area contributed by atoms with E-state index in [0.717, 1.165) is 16.8 Å². The van der Waals surface area contributed by atoms with Gasteiger partial charge in [-0.1, -0.05) is 54.1 Å². The van der Waals surface area contributed by atoms with Crippen LogP contribution in [0.2, 0.25) is 0 Å². The van der Waals surface area contributed by atoms with Crippen LogP contribution in [0.15, 0.2) is 72.9 Å². The molecule has 0 aliphatic rings. The first-order valence-electron chi connectivity index (χ1n) is 8.58. The molecule has 2 nitrogen and oxygen atoms in total. The lowest BCUT2D eigenvalue weighted by atomic mass is 10.0. The monoisotopic (exact) mass is 322 g/mol. The molecule has 5 aromatic rings. The highest BCUT2D eigenvalue weighted by molar-refractivity contribution is 6.12. The molecule has 5 rings (SSSR count). The molecule has 2 aromatic carbocycles. The first kappa shape index (κ1) is 14.2. The van der Waals surface area contributed by atoms with E-state index in [-0.39, 0.29) is 0 Å². The number of rotatable bonds is 1. The third-order valence-electron chi connectivity index (χ3n) is 5.00. The van der Waals surface area contributed by atoms with Crippen molar-refractivity contribution in [3.63, 3.8) is 0 Å². The molecule has 0 unspecified atom stereocenters. The molecule has 0 amide bonds. The summed E-state index contributed by atoms with van der Waals surface area (Å²) in [6, 6.07) is 23.6. The van der Waals surface area contributed by atoms with Crippen molar-refractivity contribution < 1.29 is 0 Å². The van der Waals surface area contributed by atoms with E-state index < -0.39 is 0 Å². The van der Waals surface area contributed by atoms with Gasteiger partial charge in [0.15, 0.2) is 0 Å². The highest BCUT2D eigenvalue weighted by atomic mass is 14.9. The Hall–Kier alpha value is -3.13. The third-order valence-corrected chi connectivity index (χ3v) is 5.00. The van der Waals surface area contributed by atoms with E-state index in [0.29, 0.717) is 0 Å². The minimum absolute atomic E-state index is 1.04. The van der Waals surface area contributed by atoms with Gasteiger partial charge in [-0.3, -0.25) is 0 Å². The highest BCUT2D eigenvalue weighted by Gasteiger charge is 2.15. The van der Waals surface area contributed by atoms with Crippen molar-refractivity contribution in [2.45, 2.75) is 13.8 Å². The lowest BCUT2D eigenvalue weighted by Gasteiger charge is -2.09. The maximum absolute atomic E-state index is 5.03. The number of hydrogen-bond acceptors (Lipinski definition) is 1. The van der Waals surface area contributed by atoms with Crippen LogP contribution >= 0.6 is 0 Å². The van der Waals surface area contributed by atoms with Gasteiger partial charge < -0.3 is 4.40 Å². The molecule has 0 atom stereocenters. The van der Waals surface area contributed by atoms with Gasteiger partial charge >= 0.3 is 0 Å². The Kier molecular flexibility index (Phi) is 2.95. The molecule has 0 saturated heterocycles. The van der Waals surface area contributed by atoms with Gasteiger partial charge in [-0.15, -0.1) is 0 Å². The van der Waals surface area contributed by atoms with Crippen LogP contribution in [-0.4, -0.2) is 9.38 Å². The quantitative estimate of drug-likeness (QED) is 0.374. The van der Waals surface area contributed by atoms with Crippen LogP contribution in [0.5, 0.6) is 0 Å². The van der Waals surface area contributed by atoms with Crippen LogP contribution in [0.25, 0.3) is 38.6 Å². The van der Waals surface area contributed by atoms with Crippen molar-refractivity contribution >= 4 is 27.3 Å². The number of benzene rings is 2. The van der Waals surface area contributed by atoms with E-state index in [1.54, 1.807) is 0 Å². The molecule has 0 spiro atoms. The summed E-state index contributed by atoms with van der Waals surface area (Å²) in [5.74, 6) is 0. The predicted molar refractivity (Wildman–Crippen MR) is 105 cm³/mol. The fourth-order valence-electron chi connectivity index (χ4n) is 3.67. The zero-order chi connectivity index (χ0) is 17.0. The van der Waals surface area contributed by atoms with Crippen LogP contribution in [0.3, 0.4) is 0 Å². The maximum atomic E-state index is 5.03. The fourth-order valence-corrected chi connectivity index (χ4v) is 3.67. The Morgan fingerprint density at radius 3 is 2.44 bits per heavy atom. The van der Waals surface area contributed by atoms with Crippen LogP contribution in [0.4, 0.5) is 0 Å². The SMILES string of the molecule is Cc1ccc(-c2nc3ccccc3c3cc4c(C)cccn4c23)cc1. The number of para-hydroxylation sites is 1. The molecule has 0 saturated carbocycles. The molecule has 0 fully saturated rings. The third kappa shape index (κ3) is 2.07. The number of hydrogen-bond donors (Lipinski definition) is 0. The first-order chi connectivity index (χ1) is 12.2. The van der Waals surface area contributed by atoms with Crippen molar-refractivity contribution in [2.75, 3.05) is 0 Å². The summed E-state index contributed by atoms with van der Waals surface area (Å²) >= 11 is 0. The van der Waals surface area contributed by atoms with Gasteiger partial charge in [-0.05, 0) is 37.6 Å². The lowest BCUT2D eigenvalue weighted by Crippen LogP contribution is -1.92.